The highest BCUT2D eigenvalue weighted by molar-refractivity contribution is 9.10. The first-order valence-corrected chi connectivity index (χ1v) is 5.86. The van der Waals surface area contributed by atoms with Crippen LogP contribution in [-0.2, 0) is 11.3 Å². The van der Waals surface area contributed by atoms with Crippen LogP contribution in [0.2, 0.25) is 0 Å². The van der Waals surface area contributed by atoms with Gasteiger partial charge in [-0.3, -0.25) is 14.2 Å². The first kappa shape index (κ1) is 11.5. The molecule has 1 rings (SSSR count). The Morgan fingerprint density at radius 2 is 2.36 bits per heavy atom. The van der Waals surface area contributed by atoms with Crippen molar-refractivity contribution in [3.8, 4) is 0 Å². The molecule has 0 aliphatic rings. The smallest absolute Gasteiger partial charge is 0.284 e. The van der Waals surface area contributed by atoms with Crippen molar-refractivity contribution >= 4 is 33.5 Å². The molecule has 0 unspecified atom stereocenters. The Morgan fingerprint density at radius 1 is 1.71 bits per heavy atom. The van der Waals surface area contributed by atoms with Gasteiger partial charge in [-0.2, -0.15) is 0 Å². The average Bonchev–Trinajstić information content (AvgIpc) is 2.13. The number of hydrogen-bond donors (Lipinski definition) is 0. The molecule has 76 valence electrons. The van der Waals surface area contributed by atoms with E-state index in [-0.39, 0.29) is 22.5 Å². The van der Waals surface area contributed by atoms with E-state index in [4.69, 9.17) is 0 Å². The molecule has 1 heterocycles. The molecule has 0 saturated heterocycles. The van der Waals surface area contributed by atoms with E-state index >= 15 is 0 Å². The molecule has 0 N–H and O–H groups in total. The van der Waals surface area contributed by atoms with Gasteiger partial charge in [-0.15, -0.1) is 11.8 Å². The summed E-state index contributed by atoms with van der Waals surface area (Å²) in [5.41, 5.74) is -0.271. The lowest BCUT2D eigenvalue weighted by atomic mass is 10.4. The maximum absolute atomic E-state index is 11.6. The van der Waals surface area contributed by atoms with Gasteiger partial charge in [0.1, 0.15) is 5.78 Å². The minimum atomic E-state index is -0.271. The van der Waals surface area contributed by atoms with Crippen molar-refractivity contribution in [3.63, 3.8) is 0 Å². The summed E-state index contributed by atoms with van der Waals surface area (Å²) in [7, 11) is 0. The number of halogens is 1. The first-order chi connectivity index (χ1) is 6.56. The van der Waals surface area contributed by atoms with Crippen molar-refractivity contribution in [2.24, 2.45) is 0 Å². The normalized spacial score (nSPS) is 10.2. The van der Waals surface area contributed by atoms with Gasteiger partial charge < -0.3 is 0 Å². The van der Waals surface area contributed by atoms with Gasteiger partial charge >= 0.3 is 0 Å². The highest BCUT2D eigenvalue weighted by Crippen LogP contribution is 2.12. The second kappa shape index (κ2) is 4.75. The number of thioether (sulfide) groups is 1. The van der Waals surface area contributed by atoms with Gasteiger partial charge in [-0.05, 0) is 29.1 Å². The molecule has 0 amide bonds. The Labute approximate surface area is 93.9 Å². The van der Waals surface area contributed by atoms with E-state index in [0.717, 1.165) is 0 Å². The summed E-state index contributed by atoms with van der Waals surface area (Å²) >= 11 is 4.42. The lowest BCUT2D eigenvalue weighted by Crippen LogP contribution is -2.26. The van der Waals surface area contributed by atoms with E-state index < -0.39 is 0 Å². The van der Waals surface area contributed by atoms with Gasteiger partial charge in [0, 0.05) is 0 Å². The second-order valence-corrected chi connectivity index (χ2v) is 4.26. The van der Waals surface area contributed by atoms with Crippen LogP contribution in [0.4, 0.5) is 0 Å². The molecule has 14 heavy (non-hydrogen) atoms. The van der Waals surface area contributed by atoms with Gasteiger partial charge in [0.15, 0.2) is 4.60 Å². The van der Waals surface area contributed by atoms with Gasteiger partial charge in [-0.1, -0.05) is 0 Å². The SMILES string of the molecule is CSc1cnc(Br)c(=O)n1CC(C)=O. The second-order valence-electron chi connectivity index (χ2n) is 2.68. The Bertz CT molecular complexity index is 416. The minimum absolute atomic E-state index is 0.0551. The Kier molecular flexibility index (Phi) is 3.88. The monoisotopic (exact) mass is 276 g/mol. The maximum atomic E-state index is 11.6. The van der Waals surface area contributed by atoms with Crippen LogP contribution in [-0.4, -0.2) is 21.6 Å². The van der Waals surface area contributed by atoms with Crippen LogP contribution >= 0.6 is 27.7 Å². The largest absolute Gasteiger partial charge is 0.298 e. The summed E-state index contributed by atoms with van der Waals surface area (Å²) in [6, 6.07) is 0. The van der Waals surface area contributed by atoms with Crippen molar-refractivity contribution < 1.29 is 4.79 Å². The van der Waals surface area contributed by atoms with Crippen molar-refractivity contribution in [1.82, 2.24) is 9.55 Å². The van der Waals surface area contributed by atoms with Crippen molar-refractivity contribution in [3.05, 3.63) is 21.2 Å². The zero-order valence-electron chi connectivity index (χ0n) is 7.78. The molecule has 0 aliphatic heterocycles. The Balaban J connectivity index is 3.28. The summed E-state index contributed by atoms with van der Waals surface area (Å²) in [6.07, 6.45) is 3.40. The number of Topliss-reactive ketones (excluding diaryl/α,β-unsaturated/α-hetero) is 1. The fourth-order valence-corrected chi connectivity index (χ4v) is 1.83. The maximum Gasteiger partial charge on any atom is 0.284 e. The first-order valence-electron chi connectivity index (χ1n) is 3.85. The molecule has 0 fully saturated rings. The standard InChI is InChI=1S/C8H9BrN2O2S/c1-5(12)4-11-6(14-2)3-10-7(9)8(11)13/h3H,4H2,1-2H3. The molecule has 0 atom stereocenters. The lowest BCUT2D eigenvalue weighted by Gasteiger charge is -2.08. The molecular weight excluding hydrogens is 268 g/mol. The Morgan fingerprint density at radius 3 is 2.86 bits per heavy atom. The van der Waals surface area contributed by atoms with Gasteiger partial charge in [0.2, 0.25) is 0 Å². The van der Waals surface area contributed by atoms with Gasteiger partial charge in [0.25, 0.3) is 5.56 Å². The van der Waals surface area contributed by atoms with E-state index in [1.54, 1.807) is 6.20 Å². The topological polar surface area (TPSA) is 52.0 Å². The molecule has 1 aromatic rings. The number of rotatable bonds is 3. The number of ketones is 1. The van der Waals surface area contributed by atoms with E-state index in [1.807, 2.05) is 6.26 Å². The predicted molar refractivity (Wildman–Crippen MR) is 58.7 cm³/mol. The number of nitrogens with zero attached hydrogens (tertiary/aromatic N) is 2. The number of aromatic nitrogens is 2. The summed E-state index contributed by atoms with van der Waals surface area (Å²) in [6.45, 7) is 1.54. The summed E-state index contributed by atoms with van der Waals surface area (Å²) in [5, 5.41) is 0.688. The van der Waals surface area contributed by atoms with Crippen LogP contribution in [0.3, 0.4) is 0 Å². The predicted octanol–water partition coefficient (Wildman–Crippen LogP) is 1.32. The Hall–Kier alpha value is -0.620. The minimum Gasteiger partial charge on any atom is -0.298 e. The van der Waals surface area contributed by atoms with E-state index in [2.05, 4.69) is 20.9 Å². The molecule has 0 bridgehead atoms. The van der Waals surface area contributed by atoms with Crippen LogP contribution in [0.5, 0.6) is 0 Å². The average molecular weight is 277 g/mol. The molecule has 0 spiro atoms. The van der Waals surface area contributed by atoms with Crippen molar-refractivity contribution in [2.45, 2.75) is 18.5 Å². The zero-order valence-corrected chi connectivity index (χ0v) is 10.2. The number of carbonyl (C=O) groups is 1. The van der Waals surface area contributed by atoms with Gasteiger partial charge in [-0.25, -0.2) is 4.98 Å². The van der Waals surface area contributed by atoms with Gasteiger partial charge in [0.05, 0.1) is 17.8 Å². The van der Waals surface area contributed by atoms with Crippen LogP contribution in [0, 0.1) is 0 Å². The molecular formula is C8H9BrN2O2S. The molecule has 4 nitrogen and oxygen atoms in total. The number of carbonyl (C=O) groups excluding carboxylic acids is 1. The van der Waals surface area contributed by atoms with Crippen LogP contribution in [0.1, 0.15) is 6.92 Å². The molecule has 0 radical (unpaired) electrons. The number of hydrogen-bond acceptors (Lipinski definition) is 4. The van der Waals surface area contributed by atoms with Crippen molar-refractivity contribution in [1.29, 1.82) is 0 Å². The van der Waals surface area contributed by atoms with Crippen LogP contribution in [0.15, 0.2) is 20.6 Å². The summed E-state index contributed by atoms with van der Waals surface area (Å²) in [5.74, 6) is -0.0551. The third kappa shape index (κ3) is 2.45. The molecule has 0 aromatic carbocycles. The van der Waals surface area contributed by atoms with Crippen LogP contribution in [0.25, 0.3) is 0 Å². The molecule has 0 aliphatic carbocycles. The highest BCUT2D eigenvalue weighted by atomic mass is 79.9. The fraction of sp³-hybridized carbons (Fsp3) is 0.375. The summed E-state index contributed by atoms with van der Waals surface area (Å²) < 4.78 is 1.64. The van der Waals surface area contributed by atoms with Crippen molar-refractivity contribution in [2.75, 3.05) is 6.26 Å². The lowest BCUT2D eigenvalue weighted by molar-refractivity contribution is -0.117. The fourth-order valence-electron chi connectivity index (χ4n) is 0.984. The summed E-state index contributed by atoms with van der Waals surface area (Å²) in [4.78, 5) is 26.4. The zero-order chi connectivity index (χ0) is 10.7. The molecule has 0 saturated carbocycles. The third-order valence-electron chi connectivity index (χ3n) is 1.57. The van der Waals surface area contributed by atoms with E-state index in [0.29, 0.717) is 5.03 Å². The highest BCUT2D eigenvalue weighted by Gasteiger charge is 2.08. The van der Waals surface area contributed by atoms with Crippen LogP contribution < -0.4 is 5.56 Å². The quantitative estimate of drug-likeness (QED) is 0.782. The third-order valence-corrected chi connectivity index (χ3v) is 2.85. The van der Waals surface area contributed by atoms with E-state index in [9.17, 15) is 9.59 Å². The molecule has 1 aromatic heterocycles. The molecule has 6 heteroatoms. The van der Waals surface area contributed by atoms with E-state index in [1.165, 1.54) is 23.3 Å².